The first-order valence-electron chi connectivity index (χ1n) is 9.97. The molecule has 1 aliphatic carbocycles. The summed E-state index contributed by atoms with van der Waals surface area (Å²) < 4.78 is 0. The molecule has 28 heavy (non-hydrogen) atoms. The van der Waals surface area contributed by atoms with Gasteiger partial charge in [-0.3, -0.25) is 14.9 Å². The normalized spacial score (nSPS) is 17.1. The van der Waals surface area contributed by atoms with Crippen molar-refractivity contribution in [3.05, 3.63) is 52.3 Å². The predicted molar refractivity (Wildman–Crippen MR) is 111 cm³/mol. The zero-order valence-electron chi connectivity index (χ0n) is 16.4. The van der Waals surface area contributed by atoms with E-state index >= 15 is 0 Å². The molecule has 0 aliphatic heterocycles. The van der Waals surface area contributed by atoms with Gasteiger partial charge in [0.15, 0.2) is 5.78 Å². The van der Waals surface area contributed by atoms with Gasteiger partial charge >= 0.3 is 0 Å². The van der Waals surface area contributed by atoms with Crippen LogP contribution < -0.4 is 5.32 Å². The number of rotatable bonds is 7. The Morgan fingerprint density at radius 3 is 2.68 bits per heavy atom. The number of nitrogens with zero attached hydrogens (tertiary/aromatic N) is 2. The van der Waals surface area contributed by atoms with Crippen molar-refractivity contribution in [2.45, 2.75) is 58.3 Å². The van der Waals surface area contributed by atoms with Crippen molar-refractivity contribution >= 4 is 29.2 Å². The highest BCUT2D eigenvalue weighted by molar-refractivity contribution is 6.30. The van der Waals surface area contributed by atoms with Gasteiger partial charge in [-0.2, -0.15) is 0 Å². The Balaban J connectivity index is 1.76. The largest absolute Gasteiger partial charge is 0.294 e. The highest BCUT2D eigenvalue weighted by Gasteiger charge is 2.28. The summed E-state index contributed by atoms with van der Waals surface area (Å²) in [6.45, 7) is 4.13. The second kappa shape index (κ2) is 9.28. The first-order chi connectivity index (χ1) is 13.5. The number of carbonyl (C=O) groups is 2. The molecule has 1 amide bonds. The number of unbranched alkanes of at least 4 members (excludes halogenated alkanes) is 1. The number of hydrogen-bond donors (Lipinski definition) is 1. The van der Waals surface area contributed by atoms with Gasteiger partial charge in [0.05, 0.1) is 11.3 Å². The van der Waals surface area contributed by atoms with E-state index in [1.165, 1.54) is 0 Å². The standard InChI is InChI=1S/C22H26ClN3O2/c1-3-5-6-14(4-2)21(28)26-22-24-13-18-19(25-22)11-16(12-20(18)27)15-7-9-17(23)10-8-15/h7-10,13-14,16H,3-6,11-12H2,1-2H3,(H,24,25,26,28). The van der Waals surface area contributed by atoms with Crippen molar-refractivity contribution < 1.29 is 9.59 Å². The van der Waals surface area contributed by atoms with Crippen LogP contribution in [0.2, 0.25) is 5.02 Å². The van der Waals surface area contributed by atoms with Gasteiger partial charge < -0.3 is 0 Å². The van der Waals surface area contributed by atoms with Crippen LogP contribution in [0.5, 0.6) is 0 Å². The molecule has 1 heterocycles. The summed E-state index contributed by atoms with van der Waals surface area (Å²) >= 11 is 5.97. The minimum absolute atomic E-state index is 0.0356. The topological polar surface area (TPSA) is 72.0 Å². The third-order valence-electron chi connectivity index (χ3n) is 5.39. The molecule has 1 aromatic carbocycles. The number of anilines is 1. The maximum atomic E-state index is 12.5. The summed E-state index contributed by atoms with van der Waals surface area (Å²) in [4.78, 5) is 33.8. The molecule has 2 unspecified atom stereocenters. The van der Waals surface area contributed by atoms with Gasteiger partial charge in [-0.05, 0) is 42.9 Å². The fourth-order valence-electron chi connectivity index (χ4n) is 3.66. The van der Waals surface area contributed by atoms with Crippen LogP contribution in [0.25, 0.3) is 0 Å². The number of amides is 1. The van der Waals surface area contributed by atoms with Crippen LogP contribution in [0.3, 0.4) is 0 Å². The SMILES string of the molecule is CCCCC(CC)C(=O)Nc1ncc2c(n1)CC(c1ccc(Cl)cc1)CC2=O. The third kappa shape index (κ3) is 4.76. The molecule has 1 aromatic heterocycles. The van der Waals surface area contributed by atoms with Gasteiger partial charge in [-0.15, -0.1) is 0 Å². The average Bonchev–Trinajstić information content (AvgIpc) is 2.69. The van der Waals surface area contributed by atoms with E-state index in [1.807, 2.05) is 31.2 Å². The summed E-state index contributed by atoms with van der Waals surface area (Å²) in [5.41, 5.74) is 2.32. The molecule has 6 heteroatoms. The van der Waals surface area contributed by atoms with Gasteiger partial charge in [0.25, 0.3) is 0 Å². The third-order valence-corrected chi connectivity index (χ3v) is 5.64. The van der Waals surface area contributed by atoms with Crippen LogP contribution >= 0.6 is 11.6 Å². The van der Waals surface area contributed by atoms with Crippen LogP contribution in [0.1, 0.15) is 73.5 Å². The van der Waals surface area contributed by atoms with E-state index in [4.69, 9.17) is 11.6 Å². The average molecular weight is 400 g/mol. The van der Waals surface area contributed by atoms with Crippen molar-refractivity contribution in [1.29, 1.82) is 0 Å². The van der Waals surface area contributed by atoms with Crippen LogP contribution in [-0.2, 0) is 11.2 Å². The van der Waals surface area contributed by atoms with Crippen molar-refractivity contribution in [3.8, 4) is 0 Å². The summed E-state index contributed by atoms with van der Waals surface area (Å²) in [6, 6.07) is 7.58. The lowest BCUT2D eigenvalue weighted by atomic mass is 9.82. The van der Waals surface area contributed by atoms with E-state index in [1.54, 1.807) is 6.20 Å². The highest BCUT2D eigenvalue weighted by Crippen LogP contribution is 2.32. The number of ketones is 1. The Hall–Kier alpha value is -2.27. The highest BCUT2D eigenvalue weighted by atomic mass is 35.5. The number of carbonyl (C=O) groups excluding carboxylic acids is 2. The molecule has 0 fully saturated rings. The summed E-state index contributed by atoms with van der Waals surface area (Å²) in [5, 5.41) is 3.51. The Kier molecular flexibility index (Phi) is 6.79. The Morgan fingerprint density at radius 1 is 1.25 bits per heavy atom. The number of fused-ring (bicyclic) bond motifs is 1. The summed E-state index contributed by atoms with van der Waals surface area (Å²) in [6.07, 6.45) is 6.35. The Labute approximate surface area is 170 Å². The predicted octanol–water partition coefficient (Wildman–Crippen LogP) is 5.20. The Morgan fingerprint density at radius 2 is 2.00 bits per heavy atom. The van der Waals surface area contributed by atoms with Crippen LogP contribution in [0, 0.1) is 5.92 Å². The van der Waals surface area contributed by atoms with E-state index in [0.29, 0.717) is 29.1 Å². The molecule has 1 N–H and O–H groups in total. The fourth-order valence-corrected chi connectivity index (χ4v) is 3.79. The molecule has 0 bridgehead atoms. The molecule has 0 saturated carbocycles. The molecule has 0 radical (unpaired) electrons. The molecule has 3 rings (SSSR count). The van der Waals surface area contributed by atoms with Gasteiger partial charge in [0.2, 0.25) is 11.9 Å². The van der Waals surface area contributed by atoms with E-state index in [2.05, 4.69) is 22.2 Å². The van der Waals surface area contributed by atoms with Crippen LogP contribution in [0.4, 0.5) is 5.95 Å². The zero-order chi connectivity index (χ0) is 20.1. The lowest BCUT2D eigenvalue weighted by molar-refractivity contribution is -0.120. The van der Waals surface area contributed by atoms with Crippen molar-refractivity contribution in [2.24, 2.45) is 5.92 Å². The van der Waals surface area contributed by atoms with Crippen LogP contribution in [-0.4, -0.2) is 21.7 Å². The number of aromatic nitrogens is 2. The van der Waals surface area contributed by atoms with Gasteiger partial charge in [0.1, 0.15) is 0 Å². The molecule has 2 aromatic rings. The molecule has 2 atom stereocenters. The van der Waals surface area contributed by atoms with Gasteiger partial charge in [0, 0.05) is 23.6 Å². The molecule has 0 spiro atoms. The van der Waals surface area contributed by atoms with Crippen molar-refractivity contribution in [2.75, 3.05) is 5.32 Å². The molecule has 148 valence electrons. The summed E-state index contributed by atoms with van der Waals surface area (Å²) in [7, 11) is 0. The van der Waals surface area contributed by atoms with Crippen molar-refractivity contribution in [3.63, 3.8) is 0 Å². The maximum Gasteiger partial charge on any atom is 0.229 e. The number of nitrogens with one attached hydrogen (secondary N) is 1. The van der Waals surface area contributed by atoms with Gasteiger partial charge in [-0.1, -0.05) is 50.4 Å². The molecular weight excluding hydrogens is 374 g/mol. The minimum atomic E-state index is -0.0488. The zero-order valence-corrected chi connectivity index (χ0v) is 17.1. The first-order valence-corrected chi connectivity index (χ1v) is 10.3. The van der Waals surface area contributed by atoms with E-state index in [0.717, 1.165) is 31.2 Å². The summed E-state index contributed by atoms with van der Waals surface area (Å²) in [5.74, 6) is 0.288. The number of Topliss-reactive ketones (excluding diaryl/α,β-unsaturated/α-hetero) is 1. The van der Waals surface area contributed by atoms with E-state index < -0.39 is 0 Å². The molecule has 5 nitrogen and oxygen atoms in total. The van der Waals surface area contributed by atoms with E-state index in [-0.39, 0.29) is 29.5 Å². The van der Waals surface area contributed by atoms with E-state index in [9.17, 15) is 9.59 Å². The lowest BCUT2D eigenvalue weighted by Crippen LogP contribution is -2.25. The van der Waals surface area contributed by atoms with Crippen molar-refractivity contribution in [1.82, 2.24) is 9.97 Å². The van der Waals surface area contributed by atoms with Gasteiger partial charge in [-0.25, -0.2) is 9.97 Å². The molecule has 0 saturated heterocycles. The monoisotopic (exact) mass is 399 g/mol. The first kappa shape index (κ1) is 20.5. The molecular formula is C22H26ClN3O2. The minimum Gasteiger partial charge on any atom is -0.294 e. The second-order valence-corrected chi connectivity index (χ2v) is 7.81. The Bertz CT molecular complexity index is 851. The lowest BCUT2D eigenvalue weighted by Gasteiger charge is -2.23. The number of halogens is 1. The smallest absolute Gasteiger partial charge is 0.229 e. The number of hydrogen-bond acceptors (Lipinski definition) is 4. The molecule has 1 aliphatic rings. The fraction of sp³-hybridized carbons (Fsp3) is 0.455. The van der Waals surface area contributed by atoms with Crippen LogP contribution in [0.15, 0.2) is 30.5 Å². The number of benzene rings is 1. The quantitative estimate of drug-likeness (QED) is 0.694. The second-order valence-electron chi connectivity index (χ2n) is 7.37. The maximum absolute atomic E-state index is 12.5.